The fourth-order valence-corrected chi connectivity index (χ4v) is 2.99. The number of anilines is 2. The lowest BCUT2D eigenvalue weighted by Gasteiger charge is -2.17. The SMILES string of the molecule is O=C(Nc1ccc(N2CCCC2)cc1)c1cnc2ccccc2n1. The number of fused-ring (bicyclic) bond motifs is 1. The molecule has 0 radical (unpaired) electrons. The second-order valence-electron chi connectivity index (χ2n) is 5.94. The predicted octanol–water partition coefficient (Wildman–Crippen LogP) is 3.48. The molecule has 5 nitrogen and oxygen atoms in total. The summed E-state index contributed by atoms with van der Waals surface area (Å²) in [6.07, 6.45) is 4.01. The van der Waals surface area contributed by atoms with Crippen molar-refractivity contribution in [2.45, 2.75) is 12.8 Å². The van der Waals surface area contributed by atoms with E-state index in [1.165, 1.54) is 24.7 Å². The number of carbonyl (C=O) groups is 1. The molecule has 1 amide bonds. The van der Waals surface area contributed by atoms with Crippen molar-refractivity contribution in [2.75, 3.05) is 23.3 Å². The van der Waals surface area contributed by atoms with E-state index in [1.807, 2.05) is 48.5 Å². The fraction of sp³-hybridized carbons (Fsp3) is 0.211. The molecule has 0 atom stereocenters. The van der Waals surface area contributed by atoms with Gasteiger partial charge in [-0.2, -0.15) is 0 Å². The minimum Gasteiger partial charge on any atom is -0.372 e. The van der Waals surface area contributed by atoms with Gasteiger partial charge >= 0.3 is 0 Å². The molecule has 0 spiro atoms. The van der Waals surface area contributed by atoms with Gasteiger partial charge in [-0.3, -0.25) is 9.78 Å². The van der Waals surface area contributed by atoms with Gasteiger partial charge in [0.15, 0.2) is 0 Å². The van der Waals surface area contributed by atoms with Crippen molar-refractivity contribution >= 4 is 28.3 Å². The van der Waals surface area contributed by atoms with Gasteiger partial charge in [-0.1, -0.05) is 12.1 Å². The van der Waals surface area contributed by atoms with Crippen molar-refractivity contribution < 1.29 is 4.79 Å². The fourth-order valence-electron chi connectivity index (χ4n) is 2.99. The Morgan fingerprint density at radius 3 is 2.42 bits per heavy atom. The van der Waals surface area contributed by atoms with E-state index in [-0.39, 0.29) is 5.91 Å². The highest BCUT2D eigenvalue weighted by Gasteiger charge is 2.13. The summed E-state index contributed by atoms with van der Waals surface area (Å²) in [5, 5.41) is 2.88. The molecule has 1 aliphatic heterocycles. The number of hydrogen-bond donors (Lipinski definition) is 1. The highest BCUT2D eigenvalue weighted by Crippen LogP contribution is 2.22. The molecule has 24 heavy (non-hydrogen) atoms. The van der Waals surface area contributed by atoms with E-state index in [9.17, 15) is 4.79 Å². The molecule has 3 aromatic rings. The Labute approximate surface area is 140 Å². The Kier molecular flexibility index (Phi) is 3.83. The lowest BCUT2D eigenvalue weighted by molar-refractivity contribution is 0.102. The minimum absolute atomic E-state index is 0.248. The summed E-state index contributed by atoms with van der Waals surface area (Å²) in [6.45, 7) is 2.22. The molecule has 4 rings (SSSR count). The van der Waals surface area contributed by atoms with E-state index in [1.54, 1.807) is 0 Å². The van der Waals surface area contributed by atoms with Crippen LogP contribution >= 0.6 is 0 Å². The Bertz CT molecular complexity index is 870. The maximum absolute atomic E-state index is 12.4. The normalized spacial score (nSPS) is 14.1. The summed E-state index contributed by atoms with van der Waals surface area (Å²) in [6, 6.07) is 15.5. The molecule has 0 saturated carbocycles. The number of carbonyl (C=O) groups excluding carboxylic acids is 1. The molecular formula is C19H18N4O. The zero-order valence-electron chi connectivity index (χ0n) is 13.3. The van der Waals surface area contributed by atoms with Gasteiger partial charge < -0.3 is 10.2 Å². The van der Waals surface area contributed by atoms with Crippen LogP contribution in [-0.2, 0) is 0 Å². The van der Waals surface area contributed by atoms with Crippen LogP contribution in [0.15, 0.2) is 54.7 Å². The van der Waals surface area contributed by atoms with Crippen LogP contribution in [0.2, 0.25) is 0 Å². The molecule has 1 aliphatic rings. The molecule has 5 heteroatoms. The number of nitrogens with one attached hydrogen (secondary N) is 1. The first-order valence-corrected chi connectivity index (χ1v) is 8.18. The smallest absolute Gasteiger partial charge is 0.275 e. The van der Waals surface area contributed by atoms with Gasteiger partial charge in [0.05, 0.1) is 17.2 Å². The summed E-state index contributed by atoms with van der Waals surface area (Å²) in [5.41, 5.74) is 3.78. The third-order valence-electron chi connectivity index (χ3n) is 4.28. The maximum Gasteiger partial charge on any atom is 0.275 e. The molecular weight excluding hydrogens is 300 g/mol. The monoisotopic (exact) mass is 318 g/mol. The van der Waals surface area contributed by atoms with Crippen LogP contribution in [0.3, 0.4) is 0 Å². The third kappa shape index (κ3) is 2.93. The standard InChI is InChI=1S/C19H18N4O/c24-19(18-13-20-16-5-1-2-6-17(16)22-18)21-14-7-9-15(10-8-14)23-11-3-4-12-23/h1-2,5-10,13H,3-4,11-12H2,(H,21,24). The van der Waals surface area contributed by atoms with Crippen LogP contribution in [0.25, 0.3) is 11.0 Å². The molecule has 2 heterocycles. The molecule has 0 unspecified atom stereocenters. The number of rotatable bonds is 3. The Balaban J connectivity index is 1.50. The maximum atomic E-state index is 12.4. The molecule has 1 N–H and O–H groups in total. The predicted molar refractivity (Wildman–Crippen MR) is 95.4 cm³/mol. The zero-order chi connectivity index (χ0) is 16.4. The van der Waals surface area contributed by atoms with E-state index >= 15 is 0 Å². The van der Waals surface area contributed by atoms with Crippen molar-refractivity contribution in [3.63, 3.8) is 0 Å². The number of nitrogens with zero attached hydrogens (tertiary/aromatic N) is 3. The second-order valence-corrected chi connectivity index (χ2v) is 5.94. The van der Waals surface area contributed by atoms with Crippen LogP contribution in [-0.4, -0.2) is 29.0 Å². The molecule has 0 aliphatic carbocycles. The highest BCUT2D eigenvalue weighted by molar-refractivity contribution is 6.03. The first kappa shape index (κ1) is 14.6. The van der Waals surface area contributed by atoms with Crippen LogP contribution in [0.1, 0.15) is 23.3 Å². The number of amides is 1. The number of aromatic nitrogens is 2. The summed E-state index contributed by atoms with van der Waals surface area (Å²) in [4.78, 5) is 23.4. The quantitative estimate of drug-likeness (QED) is 0.803. The van der Waals surface area contributed by atoms with Gasteiger partial charge in [-0.15, -0.1) is 0 Å². The first-order chi connectivity index (χ1) is 11.8. The number of hydrogen-bond acceptors (Lipinski definition) is 4. The molecule has 2 aromatic carbocycles. The summed E-state index contributed by atoms with van der Waals surface area (Å²) < 4.78 is 0. The van der Waals surface area contributed by atoms with Crippen LogP contribution in [0, 0.1) is 0 Å². The highest BCUT2D eigenvalue weighted by atomic mass is 16.1. The van der Waals surface area contributed by atoms with Crippen LogP contribution < -0.4 is 10.2 Å². The van der Waals surface area contributed by atoms with Gasteiger partial charge in [-0.25, -0.2) is 4.98 Å². The molecule has 1 aromatic heterocycles. The number of para-hydroxylation sites is 2. The van der Waals surface area contributed by atoms with E-state index < -0.39 is 0 Å². The molecule has 1 saturated heterocycles. The largest absolute Gasteiger partial charge is 0.372 e. The van der Waals surface area contributed by atoms with Gasteiger partial charge in [0.25, 0.3) is 5.91 Å². The average Bonchev–Trinajstić information content (AvgIpc) is 3.16. The average molecular weight is 318 g/mol. The van der Waals surface area contributed by atoms with Crippen molar-refractivity contribution in [2.24, 2.45) is 0 Å². The zero-order valence-corrected chi connectivity index (χ0v) is 13.3. The van der Waals surface area contributed by atoms with Crippen LogP contribution in [0.4, 0.5) is 11.4 Å². The van der Waals surface area contributed by atoms with Crippen molar-refractivity contribution in [3.05, 3.63) is 60.4 Å². The van der Waals surface area contributed by atoms with Crippen LogP contribution in [0.5, 0.6) is 0 Å². The van der Waals surface area contributed by atoms with Crippen molar-refractivity contribution in [3.8, 4) is 0 Å². The Morgan fingerprint density at radius 1 is 0.958 bits per heavy atom. The molecule has 1 fully saturated rings. The second kappa shape index (κ2) is 6.28. The summed E-state index contributed by atoms with van der Waals surface area (Å²) in [5.74, 6) is -0.248. The molecule has 120 valence electrons. The van der Waals surface area contributed by atoms with E-state index in [4.69, 9.17) is 0 Å². The first-order valence-electron chi connectivity index (χ1n) is 8.18. The minimum atomic E-state index is -0.248. The van der Waals surface area contributed by atoms with Gasteiger partial charge in [-0.05, 0) is 49.2 Å². The van der Waals surface area contributed by atoms with E-state index in [0.717, 1.165) is 29.8 Å². The van der Waals surface area contributed by atoms with Crippen molar-refractivity contribution in [1.82, 2.24) is 9.97 Å². The van der Waals surface area contributed by atoms with Gasteiger partial charge in [0.2, 0.25) is 0 Å². The van der Waals surface area contributed by atoms with E-state index in [2.05, 4.69) is 20.2 Å². The third-order valence-corrected chi connectivity index (χ3v) is 4.28. The lowest BCUT2D eigenvalue weighted by atomic mass is 10.2. The van der Waals surface area contributed by atoms with Gasteiger partial charge in [0.1, 0.15) is 5.69 Å². The topological polar surface area (TPSA) is 58.1 Å². The summed E-state index contributed by atoms with van der Waals surface area (Å²) in [7, 11) is 0. The number of benzene rings is 2. The van der Waals surface area contributed by atoms with Gasteiger partial charge in [0, 0.05) is 24.5 Å². The van der Waals surface area contributed by atoms with E-state index in [0.29, 0.717) is 5.69 Å². The van der Waals surface area contributed by atoms with Crippen molar-refractivity contribution in [1.29, 1.82) is 0 Å². The lowest BCUT2D eigenvalue weighted by Crippen LogP contribution is -2.17. The Morgan fingerprint density at radius 2 is 1.67 bits per heavy atom. The molecule has 0 bridgehead atoms. The Hall–Kier alpha value is -2.95. The summed E-state index contributed by atoms with van der Waals surface area (Å²) >= 11 is 0.